The Morgan fingerprint density at radius 1 is 1.10 bits per heavy atom. The molecule has 2 heterocycles. The highest BCUT2D eigenvalue weighted by atomic mass is 16.1. The SMILES string of the molecule is CCCn1nccc1C(=O)c1ccc2nccnc2c1. The first-order chi connectivity index (χ1) is 9.79. The number of hydrogen-bond acceptors (Lipinski definition) is 4. The van der Waals surface area contributed by atoms with Crippen LogP contribution in [0, 0.1) is 0 Å². The van der Waals surface area contributed by atoms with Crippen LogP contribution in [0.3, 0.4) is 0 Å². The minimum absolute atomic E-state index is 0.0384. The molecule has 0 fully saturated rings. The molecule has 0 amide bonds. The highest BCUT2D eigenvalue weighted by Crippen LogP contribution is 2.15. The maximum absolute atomic E-state index is 12.5. The molecule has 0 aliphatic carbocycles. The molecule has 0 unspecified atom stereocenters. The minimum Gasteiger partial charge on any atom is -0.287 e. The lowest BCUT2D eigenvalue weighted by Crippen LogP contribution is -2.11. The molecule has 5 nitrogen and oxygen atoms in total. The molecule has 0 radical (unpaired) electrons. The van der Waals surface area contributed by atoms with Crippen LogP contribution in [-0.4, -0.2) is 25.5 Å². The summed E-state index contributed by atoms with van der Waals surface area (Å²) in [5, 5.41) is 4.18. The van der Waals surface area contributed by atoms with Crippen molar-refractivity contribution in [1.82, 2.24) is 19.7 Å². The molecule has 2 aromatic heterocycles. The van der Waals surface area contributed by atoms with E-state index in [1.165, 1.54) is 0 Å². The summed E-state index contributed by atoms with van der Waals surface area (Å²) in [6, 6.07) is 7.12. The molecule has 20 heavy (non-hydrogen) atoms. The van der Waals surface area contributed by atoms with E-state index in [0.717, 1.165) is 24.0 Å². The molecule has 0 saturated heterocycles. The Labute approximate surface area is 116 Å². The molecule has 100 valence electrons. The van der Waals surface area contributed by atoms with Gasteiger partial charge in [0.1, 0.15) is 5.69 Å². The summed E-state index contributed by atoms with van der Waals surface area (Å²) >= 11 is 0. The van der Waals surface area contributed by atoms with Gasteiger partial charge in [0.05, 0.1) is 11.0 Å². The summed E-state index contributed by atoms with van der Waals surface area (Å²) in [4.78, 5) is 21.0. The van der Waals surface area contributed by atoms with Crippen molar-refractivity contribution in [2.75, 3.05) is 0 Å². The topological polar surface area (TPSA) is 60.7 Å². The lowest BCUT2D eigenvalue weighted by atomic mass is 10.1. The molecule has 0 bridgehead atoms. The van der Waals surface area contributed by atoms with Crippen molar-refractivity contribution < 1.29 is 4.79 Å². The molecular formula is C15H14N4O. The fourth-order valence-electron chi connectivity index (χ4n) is 2.17. The normalized spacial score (nSPS) is 10.8. The van der Waals surface area contributed by atoms with Crippen molar-refractivity contribution in [2.24, 2.45) is 0 Å². The number of ketones is 1. The van der Waals surface area contributed by atoms with Crippen LogP contribution in [0.1, 0.15) is 29.4 Å². The summed E-state index contributed by atoms with van der Waals surface area (Å²) in [7, 11) is 0. The number of hydrogen-bond donors (Lipinski definition) is 0. The number of aryl methyl sites for hydroxylation is 1. The smallest absolute Gasteiger partial charge is 0.211 e. The van der Waals surface area contributed by atoms with Gasteiger partial charge >= 0.3 is 0 Å². The lowest BCUT2D eigenvalue weighted by Gasteiger charge is -2.05. The quantitative estimate of drug-likeness (QED) is 0.681. The van der Waals surface area contributed by atoms with Gasteiger partial charge < -0.3 is 0 Å². The van der Waals surface area contributed by atoms with E-state index < -0.39 is 0 Å². The number of rotatable bonds is 4. The fraction of sp³-hybridized carbons (Fsp3) is 0.200. The van der Waals surface area contributed by atoms with Crippen LogP contribution < -0.4 is 0 Å². The Morgan fingerprint density at radius 2 is 1.90 bits per heavy atom. The van der Waals surface area contributed by atoms with E-state index in [1.54, 1.807) is 41.5 Å². The maximum atomic E-state index is 12.5. The second kappa shape index (κ2) is 5.21. The Kier molecular flexibility index (Phi) is 3.25. The van der Waals surface area contributed by atoms with E-state index in [2.05, 4.69) is 22.0 Å². The summed E-state index contributed by atoms with van der Waals surface area (Å²) in [5.41, 5.74) is 2.72. The molecule has 0 atom stereocenters. The van der Waals surface area contributed by atoms with Crippen molar-refractivity contribution in [1.29, 1.82) is 0 Å². The third-order valence-electron chi connectivity index (χ3n) is 3.12. The molecule has 0 aliphatic heterocycles. The Bertz CT molecular complexity index is 763. The van der Waals surface area contributed by atoms with Crippen molar-refractivity contribution in [2.45, 2.75) is 19.9 Å². The van der Waals surface area contributed by atoms with Crippen LogP contribution in [0.5, 0.6) is 0 Å². The first kappa shape index (κ1) is 12.5. The summed E-state index contributed by atoms with van der Waals surface area (Å²) < 4.78 is 1.74. The molecule has 0 aliphatic rings. The molecule has 3 aromatic rings. The van der Waals surface area contributed by atoms with Crippen LogP contribution in [0.15, 0.2) is 42.9 Å². The number of carbonyl (C=O) groups is 1. The van der Waals surface area contributed by atoms with Gasteiger partial charge in [-0.25, -0.2) is 0 Å². The Morgan fingerprint density at radius 3 is 2.70 bits per heavy atom. The van der Waals surface area contributed by atoms with Crippen LogP contribution in [0.2, 0.25) is 0 Å². The molecule has 0 N–H and O–H groups in total. The third-order valence-corrected chi connectivity index (χ3v) is 3.12. The van der Waals surface area contributed by atoms with Crippen molar-refractivity contribution in [3.05, 3.63) is 54.1 Å². The van der Waals surface area contributed by atoms with Gasteiger partial charge in [0.15, 0.2) is 0 Å². The average molecular weight is 266 g/mol. The van der Waals surface area contributed by atoms with Gasteiger partial charge in [-0.05, 0) is 30.7 Å². The molecular weight excluding hydrogens is 252 g/mol. The van der Waals surface area contributed by atoms with Gasteiger partial charge in [-0.15, -0.1) is 0 Å². The van der Waals surface area contributed by atoms with Gasteiger partial charge in [-0.2, -0.15) is 5.10 Å². The van der Waals surface area contributed by atoms with E-state index in [9.17, 15) is 4.79 Å². The molecule has 0 saturated carbocycles. The summed E-state index contributed by atoms with van der Waals surface area (Å²) in [6.07, 6.45) is 5.85. The van der Waals surface area contributed by atoms with E-state index in [0.29, 0.717) is 11.3 Å². The van der Waals surface area contributed by atoms with Gasteiger partial charge in [0, 0.05) is 30.7 Å². The molecule has 1 aromatic carbocycles. The number of carbonyl (C=O) groups excluding carboxylic acids is 1. The zero-order valence-corrected chi connectivity index (χ0v) is 11.2. The van der Waals surface area contributed by atoms with Gasteiger partial charge in [0.2, 0.25) is 5.78 Å². The van der Waals surface area contributed by atoms with E-state index in [-0.39, 0.29) is 5.78 Å². The Balaban J connectivity index is 2.01. The van der Waals surface area contributed by atoms with Crippen LogP contribution >= 0.6 is 0 Å². The number of fused-ring (bicyclic) bond motifs is 1. The number of nitrogens with zero attached hydrogens (tertiary/aromatic N) is 4. The monoisotopic (exact) mass is 266 g/mol. The standard InChI is InChI=1S/C15H14N4O/c1-2-9-19-14(5-6-18-19)15(20)11-3-4-12-13(10-11)17-8-7-16-12/h3-8,10H,2,9H2,1H3. The van der Waals surface area contributed by atoms with Crippen LogP contribution in [-0.2, 0) is 6.54 Å². The van der Waals surface area contributed by atoms with Crippen molar-refractivity contribution in [3.8, 4) is 0 Å². The van der Waals surface area contributed by atoms with Gasteiger partial charge in [-0.3, -0.25) is 19.4 Å². The summed E-state index contributed by atoms with van der Waals surface area (Å²) in [5.74, 6) is -0.0384. The largest absolute Gasteiger partial charge is 0.287 e. The maximum Gasteiger partial charge on any atom is 0.211 e. The van der Waals surface area contributed by atoms with E-state index in [1.807, 2.05) is 6.07 Å². The molecule has 3 rings (SSSR count). The lowest BCUT2D eigenvalue weighted by molar-refractivity contribution is 0.102. The van der Waals surface area contributed by atoms with Crippen molar-refractivity contribution in [3.63, 3.8) is 0 Å². The highest BCUT2D eigenvalue weighted by Gasteiger charge is 2.14. The first-order valence-electron chi connectivity index (χ1n) is 6.57. The molecule has 0 spiro atoms. The predicted octanol–water partition coefficient (Wildman–Crippen LogP) is 2.47. The number of aromatic nitrogens is 4. The predicted molar refractivity (Wildman–Crippen MR) is 75.5 cm³/mol. The first-order valence-corrected chi connectivity index (χ1v) is 6.57. The third kappa shape index (κ3) is 2.18. The average Bonchev–Trinajstić information content (AvgIpc) is 2.94. The van der Waals surface area contributed by atoms with Crippen LogP contribution in [0.25, 0.3) is 11.0 Å². The molecule has 5 heteroatoms. The highest BCUT2D eigenvalue weighted by molar-refractivity contribution is 6.09. The van der Waals surface area contributed by atoms with E-state index >= 15 is 0 Å². The number of benzene rings is 1. The van der Waals surface area contributed by atoms with Gasteiger partial charge in [-0.1, -0.05) is 6.92 Å². The summed E-state index contributed by atoms with van der Waals surface area (Å²) in [6.45, 7) is 2.79. The van der Waals surface area contributed by atoms with E-state index in [4.69, 9.17) is 0 Å². The van der Waals surface area contributed by atoms with Crippen molar-refractivity contribution >= 4 is 16.8 Å². The fourth-order valence-corrected chi connectivity index (χ4v) is 2.17. The zero-order valence-electron chi connectivity index (χ0n) is 11.2. The van der Waals surface area contributed by atoms with Gasteiger partial charge in [0.25, 0.3) is 0 Å². The minimum atomic E-state index is -0.0384. The Hall–Kier alpha value is -2.56. The second-order valence-electron chi connectivity index (χ2n) is 4.53. The second-order valence-corrected chi connectivity index (χ2v) is 4.53. The van der Waals surface area contributed by atoms with Crippen LogP contribution in [0.4, 0.5) is 0 Å². The zero-order chi connectivity index (χ0) is 13.9.